The van der Waals surface area contributed by atoms with E-state index in [0.29, 0.717) is 0 Å². The van der Waals surface area contributed by atoms with Crippen LogP contribution in [0.25, 0.3) is 10.4 Å². The van der Waals surface area contributed by atoms with Gasteiger partial charge in [-0.25, -0.2) is 22.3 Å². The van der Waals surface area contributed by atoms with Gasteiger partial charge in [0.05, 0.1) is 22.6 Å². The molecule has 1 amide bonds. The molecule has 1 heterocycles. The van der Waals surface area contributed by atoms with E-state index in [1.165, 1.54) is 49.7 Å². The number of hydrogen-bond acceptors (Lipinski definition) is 8. The zero-order valence-electron chi connectivity index (χ0n) is 19.3. The molecule has 0 fully saturated rings. The third kappa shape index (κ3) is 6.32. The maximum atomic E-state index is 12.5. The van der Waals surface area contributed by atoms with Crippen molar-refractivity contribution in [2.45, 2.75) is 11.8 Å². The van der Waals surface area contributed by atoms with Gasteiger partial charge in [0.25, 0.3) is 5.91 Å². The van der Waals surface area contributed by atoms with Crippen LogP contribution in [0.4, 0.5) is 5.00 Å². The monoisotopic (exact) mass is 516 g/mol. The normalized spacial score (nSPS) is 11.2. The average molecular weight is 517 g/mol. The van der Waals surface area contributed by atoms with E-state index in [4.69, 9.17) is 9.47 Å². The molecule has 0 saturated heterocycles. The Labute approximate surface area is 207 Å². The number of nitrogens with one attached hydrogen (secondary N) is 1. The second-order valence-corrected chi connectivity index (χ2v) is 10.6. The van der Waals surface area contributed by atoms with E-state index >= 15 is 0 Å². The zero-order valence-corrected chi connectivity index (χ0v) is 20.9. The molecule has 0 atom stereocenters. The van der Waals surface area contributed by atoms with Crippen molar-refractivity contribution < 1.29 is 32.3 Å². The summed E-state index contributed by atoms with van der Waals surface area (Å²) in [6.07, 6.45) is 0. The quantitative estimate of drug-likeness (QED) is 0.431. The van der Waals surface area contributed by atoms with Gasteiger partial charge in [-0.3, -0.25) is 4.79 Å². The predicted octanol–water partition coefficient (Wildman–Crippen LogP) is 3.64. The summed E-state index contributed by atoms with van der Waals surface area (Å²) < 4.78 is 35.7. The van der Waals surface area contributed by atoms with Crippen molar-refractivity contribution in [1.29, 1.82) is 0 Å². The minimum Gasteiger partial charge on any atom is -0.462 e. The van der Waals surface area contributed by atoms with E-state index in [0.717, 1.165) is 14.7 Å². The molecule has 0 aliphatic carbocycles. The Morgan fingerprint density at radius 1 is 0.943 bits per heavy atom. The molecule has 0 aliphatic heterocycles. The van der Waals surface area contributed by atoms with Crippen LogP contribution < -0.4 is 5.32 Å². The van der Waals surface area contributed by atoms with Gasteiger partial charge >= 0.3 is 11.9 Å². The largest absolute Gasteiger partial charge is 0.462 e. The Bertz CT molecular complexity index is 1330. The summed E-state index contributed by atoms with van der Waals surface area (Å²) >= 11 is 1.19. The zero-order chi connectivity index (χ0) is 25.6. The Hall–Kier alpha value is -3.54. The van der Waals surface area contributed by atoms with E-state index in [1.54, 1.807) is 13.0 Å². The molecule has 0 aliphatic rings. The number of carbonyl (C=O) groups is 3. The minimum absolute atomic E-state index is 0.0181. The van der Waals surface area contributed by atoms with Gasteiger partial charge < -0.3 is 14.8 Å². The molecule has 9 nitrogen and oxygen atoms in total. The van der Waals surface area contributed by atoms with Crippen LogP contribution in [0.15, 0.2) is 65.6 Å². The van der Waals surface area contributed by atoms with E-state index in [1.807, 2.05) is 30.3 Å². The number of anilines is 1. The summed E-state index contributed by atoms with van der Waals surface area (Å²) in [5, 5.41) is 2.86. The second-order valence-electron chi connectivity index (χ2n) is 7.38. The first kappa shape index (κ1) is 26.1. The van der Waals surface area contributed by atoms with Gasteiger partial charge in [0.1, 0.15) is 5.00 Å². The number of rotatable bonds is 9. The van der Waals surface area contributed by atoms with Crippen LogP contribution in [-0.4, -0.2) is 57.9 Å². The lowest BCUT2D eigenvalue weighted by Crippen LogP contribution is -2.23. The first-order valence-electron chi connectivity index (χ1n) is 10.5. The molecule has 0 radical (unpaired) electrons. The van der Waals surface area contributed by atoms with Crippen molar-refractivity contribution in [3.05, 3.63) is 71.8 Å². The smallest absolute Gasteiger partial charge is 0.341 e. The molecule has 11 heteroatoms. The van der Waals surface area contributed by atoms with Crippen LogP contribution in [0, 0.1) is 0 Å². The molecular formula is C24H24N2O7S2. The highest BCUT2D eigenvalue weighted by Gasteiger charge is 2.22. The maximum absolute atomic E-state index is 12.5. The Morgan fingerprint density at radius 2 is 1.66 bits per heavy atom. The van der Waals surface area contributed by atoms with Gasteiger partial charge in [0, 0.05) is 19.0 Å². The number of carbonyl (C=O) groups excluding carboxylic acids is 3. The third-order valence-corrected chi connectivity index (χ3v) is 7.63. The number of nitrogens with zero attached hydrogens (tertiary/aromatic N) is 1. The van der Waals surface area contributed by atoms with Crippen molar-refractivity contribution >= 4 is 44.2 Å². The predicted molar refractivity (Wildman–Crippen MR) is 132 cm³/mol. The topological polar surface area (TPSA) is 119 Å². The lowest BCUT2D eigenvalue weighted by atomic mass is 10.1. The highest BCUT2D eigenvalue weighted by atomic mass is 32.2. The molecule has 2 aromatic carbocycles. The lowest BCUT2D eigenvalue weighted by Gasteiger charge is -2.12. The number of ether oxygens (including phenoxy) is 2. The van der Waals surface area contributed by atoms with Crippen LogP contribution in [0.5, 0.6) is 0 Å². The Morgan fingerprint density at radius 3 is 2.31 bits per heavy atom. The van der Waals surface area contributed by atoms with E-state index in [-0.39, 0.29) is 27.6 Å². The molecule has 0 bridgehead atoms. The molecular weight excluding hydrogens is 492 g/mol. The summed E-state index contributed by atoms with van der Waals surface area (Å²) in [4.78, 5) is 38.0. The second kappa shape index (κ2) is 11.3. The molecule has 0 spiro atoms. The maximum Gasteiger partial charge on any atom is 0.341 e. The van der Waals surface area contributed by atoms with Crippen molar-refractivity contribution in [3.8, 4) is 10.4 Å². The van der Waals surface area contributed by atoms with Crippen molar-refractivity contribution in [2.24, 2.45) is 0 Å². The molecule has 1 aromatic heterocycles. The van der Waals surface area contributed by atoms with E-state index in [9.17, 15) is 22.8 Å². The van der Waals surface area contributed by atoms with E-state index < -0.39 is 34.5 Å². The SMILES string of the molecule is CCOC(=O)c1cc(-c2ccccc2)sc1NC(=O)COC(=O)c1cccc(S(=O)(=O)N(C)C)c1. The standard InChI is InChI=1S/C24H24N2O7S2/c1-4-32-24(29)19-14-20(16-9-6-5-7-10-16)34-22(19)25-21(27)15-33-23(28)17-11-8-12-18(13-17)35(30,31)26(2)3/h5-14H,4,15H2,1-3H3,(H,25,27). The van der Waals surface area contributed by atoms with Gasteiger partial charge in [0.2, 0.25) is 10.0 Å². The summed E-state index contributed by atoms with van der Waals surface area (Å²) in [6, 6.07) is 16.3. The number of thiophene rings is 1. The van der Waals surface area contributed by atoms with Crippen LogP contribution in [0.1, 0.15) is 27.6 Å². The molecule has 3 aromatic rings. The van der Waals surface area contributed by atoms with Crippen molar-refractivity contribution in [1.82, 2.24) is 4.31 Å². The van der Waals surface area contributed by atoms with Gasteiger partial charge in [-0.15, -0.1) is 11.3 Å². The fourth-order valence-corrected chi connectivity index (χ4v) is 4.98. The number of hydrogen-bond donors (Lipinski definition) is 1. The minimum atomic E-state index is -3.74. The summed E-state index contributed by atoms with van der Waals surface area (Å²) in [5.74, 6) is -2.11. The summed E-state index contributed by atoms with van der Waals surface area (Å²) in [5.41, 5.74) is 1.04. The number of amides is 1. The number of sulfonamides is 1. The third-order valence-electron chi connectivity index (χ3n) is 4.72. The van der Waals surface area contributed by atoms with Crippen LogP contribution in [-0.2, 0) is 24.3 Å². The molecule has 184 valence electrons. The van der Waals surface area contributed by atoms with Gasteiger partial charge in [0.15, 0.2) is 6.61 Å². The highest BCUT2D eigenvalue weighted by Crippen LogP contribution is 2.36. The van der Waals surface area contributed by atoms with Gasteiger partial charge in [-0.2, -0.15) is 0 Å². The fourth-order valence-electron chi connectivity index (χ4n) is 2.96. The number of esters is 2. The molecule has 1 N–H and O–H groups in total. The molecule has 35 heavy (non-hydrogen) atoms. The first-order chi connectivity index (χ1) is 16.6. The van der Waals surface area contributed by atoms with Gasteiger partial charge in [-0.1, -0.05) is 36.4 Å². The lowest BCUT2D eigenvalue weighted by molar-refractivity contribution is -0.119. The van der Waals surface area contributed by atoms with E-state index in [2.05, 4.69) is 5.32 Å². The van der Waals surface area contributed by atoms with Crippen molar-refractivity contribution in [2.75, 3.05) is 32.6 Å². The van der Waals surface area contributed by atoms with Crippen LogP contribution >= 0.6 is 11.3 Å². The average Bonchev–Trinajstić information content (AvgIpc) is 3.27. The van der Waals surface area contributed by atoms with Crippen LogP contribution in [0.2, 0.25) is 0 Å². The Balaban J connectivity index is 1.72. The Kier molecular flexibility index (Phi) is 8.39. The molecule has 3 rings (SSSR count). The first-order valence-corrected chi connectivity index (χ1v) is 12.7. The summed E-state index contributed by atoms with van der Waals surface area (Å²) in [6.45, 7) is 1.21. The summed E-state index contributed by atoms with van der Waals surface area (Å²) in [7, 11) is -0.983. The fraction of sp³-hybridized carbons (Fsp3) is 0.208. The van der Waals surface area contributed by atoms with Crippen molar-refractivity contribution in [3.63, 3.8) is 0 Å². The van der Waals surface area contributed by atoms with Gasteiger partial charge in [-0.05, 0) is 36.8 Å². The highest BCUT2D eigenvalue weighted by molar-refractivity contribution is 7.89. The molecule has 0 unspecified atom stereocenters. The number of benzene rings is 2. The van der Waals surface area contributed by atoms with Crippen LogP contribution in [0.3, 0.4) is 0 Å². The molecule has 0 saturated carbocycles.